The van der Waals surface area contributed by atoms with Crippen LogP contribution in [0.15, 0.2) is 48.5 Å². The second-order valence-corrected chi connectivity index (χ2v) is 5.14. The molecule has 0 atom stereocenters. The smallest absolute Gasteiger partial charge is 0.255 e. The van der Waals surface area contributed by atoms with E-state index in [0.29, 0.717) is 16.8 Å². The van der Waals surface area contributed by atoms with E-state index in [0.717, 1.165) is 0 Å². The molecule has 0 heterocycles. The summed E-state index contributed by atoms with van der Waals surface area (Å²) >= 11 is 0. The molecule has 3 N–H and O–H groups in total. The SMILES string of the molecule is CC(C)(O)c1cccc(C(=O)Nc2ccc(O)cc2)c1. The highest BCUT2D eigenvalue weighted by Crippen LogP contribution is 2.21. The molecule has 104 valence electrons. The molecule has 0 aromatic heterocycles. The maximum absolute atomic E-state index is 12.1. The Morgan fingerprint density at radius 1 is 1.10 bits per heavy atom. The Kier molecular flexibility index (Phi) is 3.77. The highest BCUT2D eigenvalue weighted by Gasteiger charge is 2.17. The number of anilines is 1. The first-order valence-corrected chi connectivity index (χ1v) is 6.29. The van der Waals surface area contributed by atoms with Crippen molar-refractivity contribution in [3.63, 3.8) is 0 Å². The second-order valence-electron chi connectivity index (χ2n) is 5.14. The molecule has 0 bridgehead atoms. The van der Waals surface area contributed by atoms with Gasteiger partial charge in [-0.15, -0.1) is 0 Å². The van der Waals surface area contributed by atoms with Crippen LogP contribution in [0.1, 0.15) is 29.8 Å². The van der Waals surface area contributed by atoms with E-state index in [2.05, 4.69) is 5.32 Å². The highest BCUT2D eigenvalue weighted by atomic mass is 16.3. The van der Waals surface area contributed by atoms with Crippen LogP contribution in [-0.2, 0) is 5.60 Å². The number of phenolic OH excluding ortho intramolecular Hbond substituents is 1. The van der Waals surface area contributed by atoms with Crippen LogP contribution in [0.3, 0.4) is 0 Å². The van der Waals surface area contributed by atoms with E-state index >= 15 is 0 Å². The van der Waals surface area contributed by atoms with Crippen molar-refractivity contribution in [3.05, 3.63) is 59.7 Å². The first kappa shape index (κ1) is 14.1. The zero-order chi connectivity index (χ0) is 14.8. The zero-order valence-electron chi connectivity index (χ0n) is 11.4. The molecule has 2 aromatic carbocycles. The number of aliphatic hydroxyl groups is 1. The van der Waals surface area contributed by atoms with Crippen LogP contribution in [0, 0.1) is 0 Å². The summed E-state index contributed by atoms with van der Waals surface area (Å²) in [6, 6.07) is 13.1. The van der Waals surface area contributed by atoms with Crippen molar-refractivity contribution in [1.82, 2.24) is 0 Å². The molecule has 0 saturated carbocycles. The van der Waals surface area contributed by atoms with Crippen LogP contribution in [0.4, 0.5) is 5.69 Å². The normalized spacial score (nSPS) is 11.2. The highest BCUT2D eigenvalue weighted by molar-refractivity contribution is 6.04. The topological polar surface area (TPSA) is 69.6 Å². The molecule has 0 fully saturated rings. The van der Waals surface area contributed by atoms with Gasteiger partial charge < -0.3 is 15.5 Å². The fourth-order valence-electron chi connectivity index (χ4n) is 1.79. The third-order valence-electron chi connectivity index (χ3n) is 2.96. The predicted octanol–water partition coefficient (Wildman–Crippen LogP) is 2.87. The molecule has 0 aliphatic carbocycles. The lowest BCUT2D eigenvalue weighted by Gasteiger charge is -2.18. The number of benzene rings is 2. The lowest BCUT2D eigenvalue weighted by Crippen LogP contribution is -2.18. The molecule has 20 heavy (non-hydrogen) atoms. The maximum atomic E-state index is 12.1. The summed E-state index contributed by atoms with van der Waals surface area (Å²) in [6.45, 7) is 3.34. The van der Waals surface area contributed by atoms with Crippen molar-refractivity contribution in [3.8, 4) is 5.75 Å². The summed E-state index contributed by atoms with van der Waals surface area (Å²) in [5.74, 6) is -0.117. The minimum atomic E-state index is -0.991. The van der Waals surface area contributed by atoms with Crippen LogP contribution in [0.2, 0.25) is 0 Å². The van der Waals surface area contributed by atoms with Gasteiger partial charge in [-0.25, -0.2) is 0 Å². The van der Waals surface area contributed by atoms with Crippen molar-refractivity contribution in [2.75, 3.05) is 5.32 Å². The minimum absolute atomic E-state index is 0.145. The Hall–Kier alpha value is -2.33. The minimum Gasteiger partial charge on any atom is -0.508 e. The number of phenols is 1. The molecule has 0 saturated heterocycles. The van der Waals surface area contributed by atoms with E-state index in [1.807, 2.05) is 0 Å². The van der Waals surface area contributed by atoms with E-state index in [-0.39, 0.29) is 11.7 Å². The molecule has 0 aliphatic heterocycles. The summed E-state index contributed by atoms with van der Waals surface area (Å²) in [7, 11) is 0. The van der Waals surface area contributed by atoms with Gasteiger partial charge in [0, 0.05) is 11.3 Å². The molecule has 0 aliphatic rings. The number of amides is 1. The number of carbonyl (C=O) groups is 1. The predicted molar refractivity (Wildman–Crippen MR) is 77.7 cm³/mol. The number of hydrogen-bond donors (Lipinski definition) is 3. The summed E-state index contributed by atoms with van der Waals surface area (Å²) in [5.41, 5.74) is 0.754. The van der Waals surface area contributed by atoms with Crippen molar-refractivity contribution < 1.29 is 15.0 Å². The molecule has 4 nitrogen and oxygen atoms in total. The lowest BCUT2D eigenvalue weighted by atomic mass is 9.96. The summed E-state index contributed by atoms with van der Waals surface area (Å²) < 4.78 is 0. The standard InChI is InChI=1S/C16H17NO3/c1-16(2,20)12-5-3-4-11(10-12)15(19)17-13-6-8-14(18)9-7-13/h3-10,18,20H,1-2H3,(H,17,19). The van der Waals surface area contributed by atoms with Crippen LogP contribution in [0.5, 0.6) is 5.75 Å². The largest absolute Gasteiger partial charge is 0.508 e. The Morgan fingerprint density at radius 2 is 1.75 bits per heavy atom. The molecule has 1 amide bonds. The van der Waals surface area contributed by atoms with Gasteiger partial charge in [-0.3, -0.25) is 4.79 Å². The third-order valence-corrected chi connectivity index (χ3v) is 2.96. The molecule has 0 radical (unpaired) electrons. The zero-order valence-corrected chi connectivity index (χ0v) is 11.4. The van der Waals surface area contributed by atoms with Gasteiger partial charge in [0.15, 0.2) is 0 Å². The van der Waals surface area contributed by atoms with Gasteiger partial charge >= 0.3 is 0 Å². The van der Waals surface area contributed by atoms with E-state index in [1.165, 1.54) is 12.1 Å². The van der Waals surface area contributed by atoms with Crippen LogP contribution >= 0.6 is 0 Å². The Balaban J connectivity index is 2.19. The molecule has 0 spiro atoms. The Labute approximate surface area is 117 Å². The summed E-state index contributed by atoms with van der Waals surface area (Å²) in [6.07, 6.45) is 0. The number of aromatic hydroxyl groups is 1. The van der Waals surface area contributed by atoms with Gasteiger partial charge in [-0.1, -0.05) is 12.1 Å². The van der Waals surface area contributed by atoms with E-state index < -0.39 is 5.60 Å². The maximum Gasteiger partial charge on any atom is 0.255 e. The number of carbonyl (C=O) groups excluding carboxylic acids is 1. The van der Waals surface area contributed by atoms with E-state index in [4.69, 9.17) is 0 Å². The van der Waals surface area contributed by atoms with Gasteiger partial charge in [-0.2, -0.15) is 0 Å². The van der Waals surface area contributed by atoms with E-state index in [9.17, 15) is 15.0 Å². The second kappa shape index (κ2) is 5.35. The van der Waals surface area contributed by atoms with E-state index in [1.54, 1.807) is 50.2 Å². The Bertz CT molecular complexity index is 612. The Morgan fingerprint density at radius 3 is 2.35 bits per heavy atom. The molecule has 2 rings (SSSR count). The van der Waals surface area contributed by atoms with Gasteiger partial charge in [0.1, 0.15) is 5.75 Å². The van der Waals surface area contributed by atoms with Gasteiger partial charge in [-0.05, 0) is 55.8 Å². The average Bonchev–Trinajstić information content (AvgIpc) is 2.40. The van der Waals surface area contributed by atoms with Gasteiger partial charge in [0.25, 0.3) is 5.91 Å². The van der Waals surface area contributed by atoms with Crippen molar-refractivity contribution in [2.24, 2.45) is 0 Å². The fourth-order valence-corrected chi connectivity index (χ4v) is 1.79. The molecule has 0 unspecified atom stereocenters. The van der Waals surface area contributed by atoms with Crippen molar-refractivity contribution in [1.29, 1.82) is 0 Å². The lowest BCUT2D eigenvalue weighted by molar-refractivity contribution is 0.0785. The first-order chi connectivity index (χ1) is 9.36. The molecule has 4 heteroatoms. The average molecular weight is 271 g/mol. The van der Waals surface area contributed by atoms with Crippen LogP contribution < -0.4 is 5.32 Å². The number of nitrogens with one attached hydrogen (secondary N) is 1. The first-order valence-electron chi connectivity index (χ1n) is 6.29. The molecule has 2 aromatic rings. The monoisotopic (exact) mass is 271 g/mol. The number of rotatable bonds is 3. The van der Waals surface area contributed by atoms with Gasteiger partial charge in [0.05, 0.1) is 5.60 Å². The van der Waals surface area contributed by atoms with Crippen LogP contribution in [-0.4, -0.2) is 16.1 Å². The number of hydrogen-bond acceptors (Lipinski definition) is 3. The van der Waals surface area contributed by atoms with Gasteiger partial charge in [0.2, 0.25) is 0 Å². The summed E-state index contributed by atoms with van der Waals surface area (Å²) in [4.78, 5) is 12.1. The quantitative estimate of drug-likeness (QED) is 0.752. The fraction of sp³-hybridized carbons (Fsp3) is 0.188. The summed E-state index contributed by atoms with van der Waals surface area (Å²) in [5, 5.41) is 21.9. The van der Waals surface area contributed by atoms with Crippen LogP contribution in [0.25, 0.3) is 0 Å². The molecular formula is C16H17NO3. The van der Waals surface area contributed by atoms with Crippen molar-refractivity contribution in [2.45, 2.75) is 19.4 Å². The third kappa shape index (κ3) is 3.36. The van der Waals surface area contributed by atoms with Crippen molar-refractivity contribution >= 4 is 11.6 Å². The molecular weight excluding hydrogens is 254 g/mol.